The summed E-state index contributed by atoms with van der Waals surface area (Å²) in [5.41, 5.74) is 6.96. The van der Waals surface area contributed by atoms with Gasteiger partial charge in [0.1, 0.15) is 10.8 Å². The van der Waals surface area contributed by atoms with Gasteiger partial charge in [0.25, 0.3) is 0 Å². The van der Waals surface area contributed by atoms with E-state index in [1.165, 1.54) is 6.07 Å². The van der Waals surface area contributed by atoms with Crippen LogP contribution >= 0.6 is 0 Å². The van der Waals surface area contributed by atoms with E-state index in [4.69, 9.17) is 5.73 Å². The van der Waals surface area contributed by atoms with Crippen LogP contribution in [0.2, 0.25) is 0 Å². The number of nitrogens with one attached hydrogen (secondary N) is 2. The van der Waals surface area contributed by atoms with Crippen LogP contribution in [0.5, 0.6) is 0 Å². The molecule has 1 amide bonds. The Morgan fingerprint density at radius 1 is 1.06 bits per heavy atom. The molecule has 0 bridgehead atoms. The van der Waals surface area contributed by atoms with Crippen molar-refractivity contribution in [3.05, 3.63) is 78.4 Å². The average Bonchev–Trinajstić information content (AvgIpc) is 2.87. The molecule has 0 radical (unpaired) electrons. The van der Waals surface area contributed by atoms with E-state index in [1.54, 1.807) is 18.2 Å². The predicted octanol–water partition coefficient (Wildman–Crippen LogP) is 1.88. The molecule has 0 aromatic heterocycles. The van der Waals surface area contributed by atoms with Gasteiger partial charge in [0, 0.05) is 6.54 Å². The van der Waals surface area contributed by atoms with Crippen LogP contribution < -0.4 is 16.4 Å². The van der Waals surface area contributed by atoms with Crippen LogP contribution in [-0.2, 0) is 25.8 Å². The molecule has 9 heteroatoms. The third-order valence-electron chi connectivity index (χ3n) is 6.66. The van der Waals surface area contributed by atoms with E-state index in [0.717, 1.165) is 16.3 Å². The van der Waals surface area contributed by atoms with Gasteiger partial charge in [-0.15, -0.1) is 0 Å². The van der Waals surface area contributed by atoms with Crippen molar-refractivity contribution in [2.45, 2.75) is 41.0 Å². The molecule has 8 nitrogen and oxygen atoms in total. The maximum atomic E-state index is 14.1. The van der Waals surface area contributed by atoms with E-state index in [1.807, 2.05) is 48.5 Å². The summed E-state index contributed by atoms with van der Waals surface area (Å²) in [6.07, 6.45) is 0.806. The second kappa shape index (κ2) is 10.2. The van der Waals surface area contributed by atoms with E-state index in [0.29, 0.717) is 13.0 Å². The number of nitrogens with two attached hydrogens (primary N) is 1. The quantitative estimate of drug-likeness (QED) is 0.374. The van der Waals surface area contributed by atoms with Gasteiger partial charge in [0.2, 0.25) is 5.91 Å². The van der Waals surface area contributed by atoms with Gasteiger partial charge in [-0.05, 0) is 54.3 Å². The lowest BCUT2D eigenvalue weighted by molar-refractivity contribution is -0.141. The summed E-state index contributed by atoms with van der Waals surface area (Å²) in [5, 5.41) is 17.1. The molecule has 1 aliphatic rings. The van der Waals surface area contributed by atoms with Gasteiger partial charge in [-0.2, -0.15) is 0 Å². The van der Waals surface area contributed by atoms with Crippen LogP contribution in [0.15, 0.2) is 77.7 Å². The van der Waals surface area contributed by atoms with Crippen LogP contribution in [-0.4, -0.2) is 55.3 Å². The molecular weight excluding hydrogens is 466 g/mol. The number of piperidine rings is 1. The predicted molar refractivity (Wildman–Crippen MR) is 134 cm³/mol. The second-order valence-corrected chi connectivity index (χ2v) is 11.2. The Hall–Kier alpha value is -3.27. The molecule has 1 aliphatic heterocycles. The summed E-state index contributed by atoms with van der Waals surface area (Å²) in [5.74, 6) is -1.81. The number of fused-ring (bicyclic) bond motifs is 1. The molecule has 2 unspecified atom stereocenters. The standard InChI is InChI=1S/C26H29N3O5S/c27-22(15-18-7-2-1-3-8-18)24(30)29-17-26(13-6-14-28-23(26)25(31)32)35(33,34)21-12-11-19-9-4-5-10-20(19)16-21/h1-5,7-12,16,22-23,28H,6,13-15,17,27H2,(H,29,30)(H,31,32)/t22-,23?,26?/m0/s1. The lowest BCUT2D eigenvalue weighted by Gasteiger charge is -2.42. The molecule has 1 heterocycles. The fourth-order valence-electron chi connectivity index (χ4n) is 4.75. The number of aliphatic carboxylic acids is 1. The maximum absolute atomic E-state index is 14.1. The molecule has 4 rings (SSSR count). The summed E-state index contributed by atoms with van der Waals surface area (Å²) in [4.78, 5) is 25.1. The lowest BCUT2D eigenvalue weighted by Crippen LogP contribution is -2.67. The van der Waals surface area contributed by atoms with E-state index in [-0.39, 0.29) is 24.3 Å². The summed E-state index contributed by atoms with van der Waals surface area (Å²) >= 11 is 0. The number of hydrogen-bond acceptors (Lipinski definition) is 6. The van der Waals surface area contributed by atoms with Gasteiger partial charge in [0.15, 0.2) is 9.84 Å². The Morgan fingerprint density at radius 3 is 2.46 bits per heavy atom. The molecule has 35 heavy (non-hydrogen) atoms. The second-order valence-electron chi connectivity index (χ2n) is 8.92. The van der Waals surface area contributed by atoms with Crippen molar-refractivity contribution in [3.8, 4) is 0 Å². The zero-order valence-corrected chi connectivity index (χ0v) is 20.0. The fraction of sp³-hybridized carbons (Fsp3) is 0.308. The van der Waals surface area contributed by atoms with Crippen molar-refractivity contribution in [3.63, 3.8) is 0 Å². The highest BCUT2D eigenvalue weighted by atomic mass is 32.2. The highest BCUT2D eigenvalue weighted by molar-refractivity contribution is 7.93. The van der Waals surface area contributed by atoms with Crippen molar-refractivity contribution in [1.29, 1.82) is 0 Å². The van der Waals surface area contributed by atoms with E-state index in [2.05, 4.69) is 10.6 Å². The zero-order chi connectivity index (χ0) is 25.1. The molecule has 3 aromatic rings. The number of benzene rings is 3. The Kier molecular flexibility index (Phi) is 7.20. The fourth-order valence-corrected chi connectivity index (χ4v) is 6.92. The minimum atomic E-state index is -4.19. The first kappa shape index (κ1) is 24.8. The highest BCUT2D eigenvalue weighted by Crippen LogP contribution is 2.36. The SMILES string of the molecule is N[C@@H](Cc1ccccc1)C(=O)NCC1(S(=O)(=O)c2ccc3ccccc3c2)CCCNC1C(=O)O. The van der Waals surface area contributed by atoms with E-state index in [9.17, 15) is 23.1 Å². The molecule has 5 N–H and O–H groups in total. The summed E-state index contributed by atoms with van der Waals surface area (Å²) in [7, 11) is -4.19. The third kappa shape index (κ3) is 4.93. The number of carboxylic acid groups (broad SMARTS) is 1. The van der Waals surface area contributed by atoms with Crippen molar-refractivity contribution >= 4 is 32.5 Å². The molecule has 3 aromatic carbocycles. The number of sulfone groups is 1. The molecule has 1 fully saturated rings. The van der Waals surface area contributed by atoms with Gasteiger partial charge in [-0.25, -0.2) is 8.42 Å². The first-order valence-electron chi connectivity index (χ1n) is 11.5. The minimum absolute atomic E-state index is 0.0222. The molecule has 0 aliphatic carbocycles. The number of carboxylic acids is 1. The average molecular weight is 496 g/mol. The Bertz CT molecular complexity index is 1330. The molecule has 0 saturated carbocycles. The van der Waals surface area contributed by atoms with Gasteiger partial charge in [-0.3, -0.25) is 9.59 Å². The lowest BCUT2D eigenvalue weighted by atomic mass is 9.89. The van der Waals surface area contributed by atoms with Gasteiger partial charge in [0.05, 0.1) is 10.9 Å². The molecule has 184 valence electrons. The largest absolute Gasteiger partial charge is 0.480 e. The van der Waals surface area contributed by atoms with Crippen molar-refractivity contribution in [2.75, 3.05) is 13.1 Å². The summed E-state index contributed by atoms with van der Waals surface area (Å²) in [6, 6.07) is 19.1. The molecule has 1 saturated heterocycles. The topological polar surface area (TPSA) is 139 Å². The summed E-state index contributed by atoms with van der Waals surface area (Å²) < 4.78 is 26.3. The third-order valence-corrected chi connectivity index (χ3v) is 9.19. The molecule has 3 atom stereocenters. The van der Waals surface area contributed by atoms with E-state index >= 15 is 0 Å². The monoisotopic (exact) mass is 495 g/mol. The summed E-state index contributed by atoms with van der Waals surface area (Å²) in [6.45, 7) is 0.000867. The number of carbonyl (C=O) groups excluding carboxylic acids is 1. The minimum Gasteiger partial charge on any atom is -0.480 e. The Labute approximate surface area is 204 Å². The number of carbonyl (C=O) groups is 2. The maximum Gasteiger partial charge on any atom is 0.322 e. The van der Waals surface area contributed by atoms with Crippen molar-refractivity contribution < 1.29 is 23.1 Å². The number of rotatable bonds is 8. The first-order valence-corrected chi connectivity index (χ1v) is 13.0. The Morgan fingerprint density at radius 2 is 1.74 bits per heavy atom. The number of amides is 1. The Balaban J connectivity index is 1.66. The number of hydrogen-bond donors (Lipinski definition) is 4. The normalized spacial score (nSPS) is 21.3. The smallest absolute Gasteiger partial charge is 0.322 e. The van der Waals surface area contributed by atoms with Crippen molar-refractivity contribution in [2.24, 2.45) is 5.73 Å². The van der Waals surface area contributed by atoms with Crippen LogP contribution in [0.1, 0.15) is 18.4 Å². The van der Waals surface area contributed by atoms with Gasteiger partial charge in [-0.1, -0.05) is 60.7 Å². The van der Waals surface area contributed by atoms with E-state index < -0.39 is 38.5 Å². The zero-order valence-electron chi connectivity index (χ0n) is 19.2. The van der Waals surface area contributed by atoms with Gasteiger partial charge < -0.3 is 21.5 Å². The molecule has 0 spiro atoms. The first-order chi connectivity index (χ1) is 16.7. The van der Waals surface area contributed by atoms with Crippen LogP contribution in [0.3, 0.4) is 0 Å². The van der Waals surface area contributed by atoms with Gasteiger partial charge >= 0.3 is 5.97 Å². The molecular formula is C26H29N3O5S. The van der Waals surface area contributed by atoms with Crippen molar-refractivity contribution in [1.82, 2.24) is 10.6 Å². The highest BCUT2D eigenvalue weighted by Gasteiger charge is 2.55. The van der Waals surface area contributed by atoms with Crippen LogP contribution in [0.25, 0.3) is 10.8 Å². The van der Waals surface area contributed by atoms with Crippen LogP contribution in [0, 0.1) is 0 Å². The van der Waals surface area contributed by atoms with Crippen LogP contribution in [0.4, 0.5) is 0 Å².